The molecule has 1 atom stereocenters. The van der Waals surface area contributed by atoms with Crippen LogP contribution in [0.5, 0.6) is 5.75 Å². The first kappa shape index (κ1) is 15.9. The van der Waals surface area contributed by atoms with Gasteiger partial charge in [0.15, 0.2) is 0 Å². The lowest BCUT2D eigenvalue weighted by molar-refractivity contribution is 0.411. The van der Waals surface area contributed by atoms with Crippen molar-refractivity contribution in [3.8, 4) is 5.75 Å². The summed E-state index contributed by atoms with van der Waals surface area (Å²) in [4.78, 5) is 0. The Labute approximate surface area is 143 Å². The number of nitrogens with two attached hydrogens (primary N) is 1. The Morgan fingerprint density at radius 1 is 1.30 bits per heavy atom. The van der Waals surface area contributed by atoms with Gasteiger partial charge in [0, 0.05) is 12.1 Å². The number of nitrogens with one attached hydrogen (secondary N) is 1. The van der Waals surface area contributed by atoms with Crippen molar-refractivity contribution in [3.05, 3.63) is 75.3 Å². The highest BCUT2D eigenvalue weighted by Gasteiger charge is 2.39. The second-order valence-corrected chi connectivity index (χ2v) is 6.56. The predicted octanol–water partition coefficient (Wildman–Crippen LogP) is 3.59. The number of methoxy groups -OCH3 is 1. The molecule has 1 aliphatic rings. The number of hydrogen-bond donors (Lipinski definition) is 2. The van der Waals surface area contributed by atoms with E-state index in [2.05, 4.69) is 21.2 Å². The number of ether oxygens (including phenoxy) is 1. The summed E-state index contributed by atoms with van der Waals surface area (Å²) in [5.74, 6) is 1.09. The SMILES string of the molecule is COc1ccc(C2(c3cccc(Br)c3F)C=C(N)NC2)cc1C. The van der Waals surface area contributed by atoms with Crippen LogP contribution in [-0.2, 0) is 5.41 Å². The lowest BCUT2D eigenvalue weighted by Gasteiger charge is -2.29. The quantitative estimate of drug-likeness (QED) is 0.860. The zero-order chi connectivity index (χ0) is 16.6. The highest BCUT2D eigenvalue weighted by atomic mass is 79.9. The van der Waals surface area contributed by atoms with Crippen LogP contribution in [0.2, 0.25) is 0 Å². The average molecular weight is 377 g/mol. The molecule has 0 radical (unpaired) electrons. The first-order valence-electron chi connectivity index (χ1n) is 7.30. The Balaban J connectivity index is 2.23. The van der Waals surface area contributed by atoms with Gasteiger partial charge in [-0.1, -0.05) is 24.3 Å². The van der Waals surface area contributed by atoms with Gasteiger partial charge in [-0.05, 0) is 52.2 Å². The molecule has 1 heterocycles. The Bertz CT molecular complexity index is 791. The third-order valence-electron chi connectivity index (χ3n) is 4.32. The van der Waals surface area contributed by atoms with E-state index >= 15 is 0 Å². The molecule has 0 amide bonds. The van der Waals surface area contributed by atoms with E-state index in [0.29, 0.717) is 22.4 Å². The monoisotopic (exact) mass is 376 g/mol. The summed E-state index contributed by atoms with van der Waals surface area (Å²) in [6, 6.07) is 11.2. The van der Waals surface area contributed by atoms with Crippen LogP contribution in [0.25, 0.3) is 0 Å². The summed E-state index contributed by atoms with van der Waals surface area (Å²) < 4.78 is 20.6. The maximum Gasteiger partial charge on any atom is 0.141 e. The van der Waals surface area contributed by atoms with Gasteiger partial charge in [-0.25, -0.2) is 4.39 Å². The fraction of sp³-hybridized carbons (Fsp3) is 0.222. The third-order valence-corrected chi connectivity index (χ3v) is 4.93. The molecule has 2 aromatic carbocycles. The molecule has 0 fully saturated rings. The van der Waals surface area contributed by atoms with Crippen LogP contribution in [0.4, 0.5) is 4.39 Å². The summed E-state index contributed by atoms with van der Waals surface area (Å²) in [6.07, 6.45) is 1.89. The van der Waals surface area contributed by atoms with Crippen LogP contribution < -0.4 is 15.8 Å². The second-order valence-electron chi connectivity index (χ2n) is 5.71. The molecule has 3 nitrogen and oxygen atoms in total. The molecule has 120 valence electrons. The molecule has 0 bridgehead atoms. The van der Waals surface area contributed by atoms with Crippen LogP contribution in [0.1, 0.15) is 16.7 Å². The number of aryl methyl sites for hydroxylation is 1. The normalized spacial score (nSPS) is 20.1. The molecule has 0 saturated carbocycles. The van der Waals surface area contributed by atoms with Crippen molar-refractivity contribution in [1.29, 1.82) is 0 Å². The van der Waals surface area contributed by atoms with Gasteiger partial charge < -0.3 is 15.8 Å². The first-order valence-corrected chi connectivity index (χ1v) is 8.09. The number of hydrogen-bond acceptors (Lipinski definition) is 3. The van der Waals surface area contributed by atoms with Crippen molar-refractivity contribution >= 4 is 15.9 Å². The lowest BCUT2D eigenvalue weighted by Crippen LogP contribution is -2.32. The molecule has 0 saturated heterocycles. The van der Waals surface area contributed by atoms with Crippen LogP contribution in [0.3, 0.4) is 0 Å². The first-order chi connectivity index (χ1) is 11.0. The van der Waals surface area contributed by atoms with Crippen molar-refractivity contribution in [3.63, 3.8) is 0 Å². The van der Waals surface area contributed by atoms with Gasteiger partial charge in [0.25, 0.3) is 0 Å². The molecule has 5 heteroatoms. The molecular formula is C18H18BrFN2O. The highest BCUT2D eigenvalue weighted by molar-refractivity contribution is 9.10. The van der Waals surface area contributed by atoms with E-state index in [9.17, 15) is 4.39 Å². The van der Waals surface area contributed by atoms with E-state index in [-0.39, 0.29) is 5.82 Å². The molecule has 3 N–H and O–H groups in total. The van der Waals surface area contributed by atoms with E-state index < -0.39 is 5.41 Å². The Morgan fingerprint density at radius 2 is 2.09 bits per heavy atom. The summed E-state index contributed by atoms with van der Waals surface area (Å²) in [5, 5.41) is 3.13. The van der Waals surface area contributed by atoms with Gasteiger partial charge in [0.2, 0.25) is 0 Å². The number of benzene rings is 2. The molecule has 1 aliphatic heterocycles. The summed E-state index contributed by atoms with van der Waals surface area (Å²) in [7, 11) is 1.64. The van der Waals surface area contributed by atoms with Crippen LogP contribution in [0, 0.1) is 12.7 Å². The molecule has 0 aliphatic carbocycles. The van der Waals surface area contributed by atoms with Crippen molar-refractivity contribution in [2.24, 2.45) is 5.73 Å². The van der Waals surface area contributed by atoms with E-state index in [4.69, 9.17) is 10.5 Å². The smallest absolute Gasteiger partial charge is 0.141 e. The van der Waals surface area contributed by atoms with Crippen LogP contribution in [0.15, 0.2) is 52.8 Å². The fourth-order valence-electron chi connectivity index (χ4n) is 3.13. The van der Waals surface area contributed by atoms with Gasteiger partial charge in [0.1, 0.15) is 11.6 Å². The standard InChI is InChI=1S/C18H18BrFN2O/c1-11-8-12(6-7-15(11)23-2)18(9-16(21)22-10-18)13-4-3-5-14(19)17(13)20/h3-9,22H,10,21H2,1-2H3. The summed E-state index contributed by atoms with van der Waals surface area (Å²) in [6.45, 7) is 2.49. The zero-order valence-corrected chi connectivity index (χ0v) is 14.6. The zero-order valence-electron chi connectivity index (χ0n) is 13.0. The van der Waals surface area contributed by atoms with Gasteiger partial charge in [-0.2, -0.15) is 0 Å². The molecule has 0 aromatic heterocycles. The minimum absolute atomic E-state index is 0.270. The minimum atomic E-state index is -0.644. The summed E-state index contributed by atoms with van der Waals surface area (Å²) in [5.41, 5.74) is 7.87. The summed E-state index contributed by atoms with van der Waals surface area (Å²) >= 11 is 3.27. The minimum Gasteiger partial charge on any atom is -0.496 e. The fourth-order valence-corrected chi connectivity index (χ4v) is 3.49. The topological polar surface area (TPSA) is 47.3 Å². The molecule has 0 spiro atoms. The lowest BCUT2D eigenvalue weighted by atomic mass is 9.74. The molecular weight excluding hydrogens is 359 g/mol. The highest BCUT2D eigenvalue weighted by Crippen LogP contribution is 2.40. The average Bonchev–Trinajstić information content (AvgIpc) is 2.93. The second kappa shape index (κ2) is 5.89. The van der Waals surface area contributed by atoms with E-state index in [1.807, 2.05) is 37.3 Å². The van der Waals surface area contributed by atoms with Crippen molar-refractivity contribution in [1.82, 2.24) is 5.32 Å². The van der Waals surface area contributed by atoms with Crippen molar-refractivity contribution < 1.29 is 9.13 Å². The number of rotatable bonds is 3. The molecule has 3 rings (SSSR count). The Kier molecular flexibility index (Phi) is 4.06. The van der Waals surface area contributed by atoms with Crippen LogP contribution >= 0.6 is 15.9 Å². The van der Waals surface area contributed by atoms with Gasteiger partial charge >= 0.3 is 0 Å². The number of halogens is 2. The third kappa shape index (κ3) is 2.59. The molecule has 1 unspecified atom stereocenters. The maximum absolute atomic E-state index is 14.8. The molecule has 23 heavy (non-hydrogen) atoms. The molecule has 2 aromatic rings. The Hall–Kier alpha value is -2.01. The van der Waals surface area contributed by atoms with Gasteiger partial charge in [0.05, 0.1) is 22.8 Å². The van der Waals surface area contributed by atoms with E-state index in [0.717, 1.165) is 16.9 Å². The predicted molar refractivity (Wildman–Crippen MR) is 92.9 cm³/mol. The van der Waals surface area contributed by atoms with Crippen molar-refractivity contribution in [2.75, 3.05) is 13.7 Å². The van der Waals surface area contributed by atoms with E-state index in [1.165, 1.54) is 0 Å². The van der Waals surface area contributed by atoms with Gasteiger partial charge in [-0.15, -0.1) is 0 Å². The van der Waals surface area contributed by atoms with E-state index in [1.54, 1.807) is 19.2 Å². The van der Waals surface area contributed by atoms with Gasteiger partial charge in [-0.3, -0.25) is 0 Å². The maximum atomic E-state index is 14.8. The Morgan fingerprint density at radius 3 is 2.70 bits per heavy atom. The van der Waals surface area contributed by atoms with Crippen molar-refractivity contribution in [2.45, 2.75) is 12.3 Å². The van der Waals surface area contributed by atoms with Crippen LogP contribution in [-0.4, -0.2) is 13.7 Å². The largest absolute Gasteiger partial charge is 0.496 e.